The first-order valence-electron chi connectivity index (χ1n) is 6.83. The number of benzene rings is 2. The van der Waals surface area contributed by atoms with Crippen LogP contribution in [0.3, 0.4) is 0 Å². The molecule has 1 heterocycles. The van der Waals surface area contributed by atoms with Crippen molar-refractivity contribution in [3.8, 4) is 5.75 Å². The van der Waals surface area contributed by atoms with Gasteiger partial charge in [-0.05, 0) is 30.4 Å². The van der Waals surface area contributed by atoms with Crippen LogP contribution in [0.15, 0.2) is 53.0 Å². The molecule has 0 saturated carbocycles. The Morgan fingerprint density at radius 3 is 2.74 bits per heavy atom. The molecule has 23 heavy (non-hydrogen) atoms. The molecule has 3 nitrogen and oxygen atoms in total. The number of fused-ring (bicyclic) bond motifs is 1. The number of carbonyl (C=O) groups is 1. The minimum atomic E-state index is -0.997. The summed E-state index contributed by atoms with van der Waals surface area (Å²) in [6.07, 6.45) is 2.35. The zero-order valence-corrected chi connectivity index (χ0v) is 12.2. The van der Waals surface area contributed by atoms with E-state index in [9.17, 15) is 13.6 Å². The molecular weight excluding hydrogens is 302 g/mol. The van der Waals surface area contributed by atoms with Crippen molar-refractivity contribution in [2.45, 2.75) is 0 Å². The lowest BCUT2D eigenvalue weighted by Crippen LogP contribution is -1.92. The Balaban J connectivity index is 1.92. The molecule has 5 heteroatoms. The fraction of sp³-hybridized carbons (Fsp3) is 0.0556. The number of para-hydroxylation sites is 1. The standard InChI is InChI=1S/C18H12F2O3/c1-22-15-7-3-5-12-10-16(23-18(12)15)14(21)9-8-11-4-2-6-13(19)17(11)20/h2-10H,1H3/b9-8+. The first-order chi connectivity index (χ1) is 11.1. The number of halogens is 2. The van der Waals surface area contributed by atoms with Gasteiger partial charge in [-0.2, -0.15) is 0 Å². The van der Waals surface area contributed by atoms with Gasteiger partial charge in [-0.25, -0.2) is 8.78 Å². The molecule has 0 amide bonds. The van der Waals surface area contributed by atoms with Crippen molar-refractivity contribution in [3.05, 3.63) is 71.5 Å². The van der Waals surface area contributed by atoms with Crippen LogP contribution in [0.4, 0.5) is 8.78 Å². The van der Waals surface area contributed by atoms with Crippen LogP contribution in [0.5, 0.6) is 5.75 Å². The lowest BCUT2D eigenvalue weighted by atomic mass is 10.1. The second kappa shape index (κ2) is 6.04. The highest BCUT2D eigenvalue weighted by molar-refractivity contribution is 6.07. The SMILES string of the molecule is COc1cccc2cc(C(=O)/C=C/c3cccc(F)c3F)oc12. The summed E-state index contributed by atoms with van der Waals surface area (Å²) in [5.41, 5.74) is 0.454. The van der Waals surface area contributed by atoms with Gasteiger partial charge in [0.2, 0.25) is 5.78 Å². The number of methoxy groups -OCH3 is 1. The van der Waals surface area contributed by atoms with E-state index >= 15 is 0 Å². The first-order valence-corrected chi connectivity index (χ1v) is 6.83. The third-order valence-electron chi connectivity index (χ3n) is 3.37. The highest BCUT2D eigenvalue weighted by Gasteiger charge is 2.13. The molecule has 1 aromatic heterocycles. The van der Waals surface area contributed by atoms with Crippen molar-refractivity contribution in [2.75, 3.05) is 7.11 Å². The molecule has 0 fully saturated rings. The number of ketones is 1. The lowest BCUT2D eigenvalue weighted by molar-refractivity contribution is 0.102. The molecule has 0 radical (unpaired) electrons. The molecule has 0 aliphatic rings. The Morgan fingerprint density at radius 2 is 1.96 bits per heavy atom. The second-order valence-electron chi connectivity index (χ2n) is 4.83. The molecule has 0 spiro atoms. The number of furan rings is 1. The Kier molecular flexibility index (Phi) is 3.93. The van der Waals surface area contributed by atoms with Gasteiger partial charge in [-0.15, -0.1) is 0 Å². The summed E-state index contributed by atoms with van der Waals surface area (Å²) >= 11 is 0. The number of rotatable bonds is 4. The summed E-state index contributed by atoms with van der Waals surface area (Å²) in [6.45, 7) is 0. The topological polar surface area (TPSA) is 39.4 Å². The molecule has 0 unspecified atom stereocenters. The number of hydrogen-bond acceptors (Lipinski definition) is 3. The van der Waals surface area contributed by atoms with E-state index in [1.54, 1.807) is 24.3 Å². The monoisotopic (exact) mass is 314 g/mol. The summed E-state index contributed by atoms with van der Waals surface area (Å²) in [4.78, 5) is 12.1. The van der Waals surface area contributed by atoms with Gasteiger partial charge in [0.15, 0.2) is 28.7 Å². The Morgan fingerprint density at radius 1 is 1.17 bits per heavy atom. The smallest absolute Gasteiger partial charge is 0.221 e. The number of allylic oxidation sites excluding steroid dienone is 1. The lowest BCUT2D eigenvalue weighted by Gasteiger charge is -1.98. The van der Waals surface area contributed by atoms with E-state index in [-0.39, 0.29) is 11.3 Å². The first kappa shape index (κ1) is 15.0. The zero-order chi connectivity index (χ0) is 16.4. The minimum absolute atomic E-state index is 0.00737. The highest BCUT2D eigenvalue weighted by atomic mass is 19.2. The summed E-state index contributed by atoms with van der Waals surface area (Å²) in [5.74, 6) is -1.80. The fourth-order valence-corrected chi connectivity index (χ4v) is 2.22. The van der Waals surface area contributed by atoms with Gasteiger partial charge in [-0.1, -0.05) is 24.3 Å². The van der Waals surface area contributed by atoms with Crippen LogP contribution in [0.25, 0.3) is 17.0 Å². The van der Waals surface area contributed by atoms with Crippen LogP contribution < -0.4 is 4.74 Å². The summed E-state index contributed by atoms with van der Waals surface area (Å²) in [5, 5.41) is 0.720. The van der Waals surface area contributed by atoms with Gasteiger partial charge >= 0.3 is 0 Å². The maximum Gasteiger partial charge on any atom is 0.221 e. The third-order valence-corrected chi connectivity index (χ3v) is 3.37. The Labute approximate surface area is 130 Å². The van der Waals surface area contributed by atoms with Crippen LogP contribution >= 0.6 is 0 Å². The van der Waals surface area contributed by atoms with Gasteiger partial charge in [0, 0.05) is 10.9 Å². The molecule has 0 atom stereocenters. The van der Waals surface area contributed by atoms with Crippen LogP contribution in [0.1, 0.15) is 16.1 Å². The minimum Gasteiger partial charge on any atom is -0.493 e. The van der Waals surface area contributed by atoms with Crippen molar-refractivity contribution in [2.24, 2.45) is 0 Å². The van der Waals surface area contributed by atoms with Crippen molar-refractivity contribution in [1.82, 2.24) is 0 Å². The average molecular weight is 314 g/mol. The van der Waals surface area contributed by atoms with E-state index in [0.717, 1.165) is 17.5 Å². The predicted octanol–water partition coefficient (Wildman–Crippen LogP) is 4.62. The number of ether oxygens (including phenoxy) is 1. The third kappa shape index (κ3) is 2.85. The maximum atomic E-state index is 13.5. The van der Waals surface area contributed by atoms with E-state index < -0.39 is 17.4 Å². The summed E-state index contributed by atoms with van der Waals surface area (Å²) in [7, 11) is 1.51. The molecular formula is C18H12F2O3. The molecule has 2 aromatic carbocycles. The van der Waals surface area contributed by atoms with Crippen molar-refractivity contribution in [1.29, 1.82) is 0 Å². The molecule has 0 aliphatic carbocycles. The van der Waals surface area contributed by atoms with Crippen LogP contribution in [-0.2, 0) is 0 Å². The van der Waals surface area contributed by atoms with Crippen molar-refractivity contribution in [3.63, 3.8) is 0 Å². The van der Waals surface area contributed by atoms with E-state index in [4.69, 9.17) is 9.15 Å². The van der Waals surface area contributed by atoms with Gasteiger partial charge in [0.1, 0.15) is 0 Å². The van der Waals surface area contributed by atoms with E-state index in [0.29, 0.717) is 11.3 Å². The van der Waals surface area contributed by atoms with Gasteiger partial charge in [0.25, 0.3) is 0 Å². The Bertz CT molecular complexity index is 910. The largest absolute Gasteiger partial charge is 0.493 e. The second-order valence-corrected chi connectivity index (χ2v) is 4.83. The number of hydrogen-bond donors (Lipinski definition) is 0. The van der Waals surface area contributed by atoms with Crippen LogP contribution in [0, 0.1) is 11.6 Å². The van der Waals surface area contributed by atoms with E-state index in [1.165, 1.54) is 25.3 Å². The van der Waals surface area contributed by atoms with E-state index in [2.05, 4.69) is 0 Å². The molecule has 116 valence electrons. The zero-order valence-electron chi connectivity index (χ0n) is 12.2. The molecule has 3 aromatic rings. The van der Waals surface area contributed by atoms with Crippen molar-refractivity contribution >= 4 is 22.8 Å². The molecule has 0 N–H and O–H groups in total. The quantitative estimate of drug-likeness (QED) is 0.521. The number of carbonyl (C=O) groups excluding carboxylic acids is 1. The van der Waals surface area contributed by atoms with Crippen molar-refractivity contribution < 1.29 is 22.7 Å². The average Bonchev–Trinajstić information content (AvgIpc) is 3.00. The summed E-state index contributed by atoms with van der Waals surface area (Å²) < 4.78 is 37.3. The van der Waals surface area contributed by atoms with Crippen LogP contribution in [-0.4, -0.2) is 12.9 Å². The fourth-order valence-electron chi connectivity index (χ4n) is 2.22. The van der Waals surface area contributed by atoms with Crippen LogP contribution in [0.2, 0.25) is 0 Å². The van der Waals surface area contributed by atoms with Gasteiger partial charge < -0.3 is 9.15 Å². The molecule has 3 rings (SSSR count). The highest BCUT2D eigenvalue weighted by Crippen LogP contribution is 2.28. The van der Waals surface area contributed by atoms with Gasteiger partial charge in [0.05, 0.1) is 7.11 Å². The molecule has 0 aliphatic heterocycles. The maximum absolute atomic E-state index is 13.5. The molecule has 0 saturated heterocycles. The Hall–Kier alpha value is -2.95. The predicted molar refractivity (Wildman–Crippen MR) is 82.5 cm³/mol. The molecule has 0 bridgehead atoms. The summed E-state index contributed by atoms with van der Waals surface area (Å²) in [6, 6.07) is 10.6. The van der Waals surface area contributed by atoms with Gasteiger partial charge in [-0.3, -0.25) is 4.79 Å². The van der Waals surface area contributed by atoms with E-state index in [1.807, 2.05) is 0 Å². The normalized spacial score (nSPS) is 11.3.